The van der Waals surface area contributed by atoms with Crippen molar-refractivity contribution in [1.82, 2.24) is 10.6 Å². The second kappa shape index (κ2) is 5.85. The molecule has 1 aromatic rings. The largest absolute Gasteiger partial charge is 0.870 e. The van der Waals surface area contributed by atoms with Crippen molar-refractivity contribution in [2.24, 2.45) is 0 Å². The van der Waals surface area contributed by atoms with Crippen LogP contribution in [0.1, 0.15) is 5.56 Å². The third kappa shape index (κ3) is 3.06. The van der Waals surface area contributed by atoms with E-state index in [1.54, 1.807) is 13.0 Å². The summed E-state index contributed by atoms with van der Waals surface area (Å²) in [5, 5.41) is 39.5. The van der Waals surface area contributed by atoms with Crippen molar-refractivity contribution >= 4 is 34.6 Å². The minimum absolute atomic E-state index is 0.0301. The lowest BCUT2D eigenvalue weighted by Gasteiger charge is -2.20. The summed E-state index contributed by atoms with van der Waals surface area (Å²) in [6.45, 7) is 1.67. The Bertz CT molecular complexity index is 703. The number of aliphatic hydroxyl groups excluding tert-OH is 1. The molecule has 2 rings (SSSR count). The van der Waals surface area contributed by atoms with Gasteiger partial charge in [0.1, 0.15) is 11.7 Å². The lowest BCUT2D eigenvalue weighted by atomic mass is 10.2. The van der Waals surface area contributed by atoms with Gasteiger partial charge in [0.05, 0.1) is 4.92 Å². The number of hydrogen-bond acceptors (Lipinski definition) is 7. The van der Waals surface area contributed by atoms with Crippen molar-refractivity contribution in [2.45, 2.75) is 13.0 Å². The van der Waals surface area contributed by atoms with Crippen molar-refractivity contribution in [3.8, 4) is 0 Å². The number of aryl methyl sites for hydroxylation is 1. The van der Waals surface area contributed by atoms with Gasteiger partial charge in [0, 0.05) is 6.07 Å². The lowest BCUT2D eigenvalue weighted by Crippen LogP contribution is -2.38. The molecule has 1 aliphatic heterocycles. The first-order valence-electron chi connectivity index (χ1n) is 6.03. The van der Waals surface area contributed by atoms with Crippen LogP contribution in [0, 0.1) is 17.0 Å². The van der Waals surface area contributed by atoms with Gasteiger partial charge in [-0.2, -0.15) is 0 Å². The number of amides is 1. The molecule has 1 fully saturated rings. The summed E-state index contributed by atoms with van der Waals surface area (Å²) in [6.07, 6.45) is 0. The first-order valence-corrected chi connectivity index (χ1v) is 6.44. The number of thiocarbonyl (C=S) groups is 1. The fraction of sp³-hybridized carbons (Fsp3) is 0.167. The molecule has 0 spiro atoms. The molecule has 1 aliphatic rings. The summed E-state index contributed by atoms with van der Waals surface area (Å²) in [5.41, 5.74) is 0.270. The van der Waals surface area contributed by atoms with Gasteiger partial charge in [0.25, 0.3) is 11.6 Å². The van der Waals surface area contributed by atoms with Crippen LogP contribution in [0.4, 0.5) is 11.4 Å². The average Bonchev–Trinajstić information content (AvgIpc) is 2.78. The van der Waals surface area contributed by atoms with Gasteiger partial charge < -0.3 is 26.2 Å². The van der Waals surface area contributed by atoms with Crippen LogP contribution >= 0.6 is 12.2 Å². The van der Waals surface area contributed by atoms with Crippen LogP contribution in [-0.2, 0) is 4.79 Å². The van der Waals surface area contributed by atoms with E-state index in [2.05, 4.69) is 28.2 Å². The molecule has 0 aliphatic carbocycles. The van der Waals surface area contributed by atoms with E-state index in [1.807, 2.05) is 0 Å². The number of nitrogens with one attached hydrogen (secondary N) is 3. The van der Waals surface area contributed by atoms with Gasteiger partial charge in [-0.05, 0) is 36.5 Å². The summed E-state index contributed by atoms with van der Waals surface area (Å²) < 4.78 is 0. The lowest BCUT2D eigenvalue weighted by molar-refractivity contribution is -0.384. The molecule has 1 amide bonds. The number of benzene rings is 1. The summed E-state index contributed by atoms with van der Waals surface area (Å²) in [6, 6.07) is 2.84. The standard InChI is InChI=1S/C12H12N4O5S/c1-5-2-3-6(7(4-5)16(20)21)13-11(19)9(17)8-10(18)15-12(22)14-8/h2-4,8,13,17,19H,1H3,(H2,14,15,18,22)/p-1. The fourth-order valence-corrected chi connectivity index (χ4v) is 2.04. The predicted molar refractivity (Wildman–Crippen MR) is 78.8 cm³/mol. The van der Waals surface area contributed by atoms with Crippen LogP contribution in [0.2, 0.25) is 0 Å². The van der Waals surface area contributed by atoms with Gasteiger partial charge >= 0.3 is 0 Å². The Morgan fingerprint density at radius 2 is 2.18 bits per heavy atom. The van der Waals surface area contributed by atoms with Crippen LogP contribution in [0.5, 0.6) is 0 Å². The number of carbonyl (C=O) groups excluding carboxylic acids is 1. The van der Waals surface area contributed by atoms with Gasteiger partial charge in [-0.15, -0.1) is 0 Å². The quantitative estimate of drug-likeness (QED) is 0.258. The van der Waals surface area contributed by atoms with E-state index >= 15 is 0 Å². The van der Waals surface area contributed by atoms with Crippen molar-refractivity contribution in [2.75, 3.05) is 5.32 Å². The van der Waals surface area contributed by atoms with Crippen LogP contribution in [-0.4, -0.2) is 27.1 Å². The van der Waals surface area contributed by atoms with Gasteiger partial charge in [0.2, 0.25) is 0 Å². The SMILES string of the molecule is Cc1ccc(NC(O)=C([O-])C2NC(=S)NC2=O)c([N+](=O)[O-])c1. The zero-order valence-electron chi connectivity index (χ0n) is 11.2. The molecule has 0 aromatic heterocycles. The zero-order chi connectivity index (χ0) is 16.4. The average molecular weight is 323 g/mol. The molecule has 22 heavy (non-hydrogen) atoms. The zero-order valence-corrected chi connectivity index (χ0v) is 12.1. The summed E-state index contributed by atoms with van der Waals surface area (Å²) in [5.74, 6) is -2.58. The van der Waals surface area contributed by atoms with Crippen LogP contribution < -0.4 is 21.1 Å². The Balaban J connectivity index is 2.30. The Morgan fingerprint density at radius 3 is 2.73 bits per heavy atom. The maximum Gasteiger partial charge on any atom is 0.293 e. The van der Waals surface area contributed by atoms with E-state index < -0.39 is 28.5 Å². The number of carbonyl (C=O) groups is 1. The summed E-state index contributed by atoms with van der Waals surface area (Å²) >= 11 is 4.68. The second-order valence-electron chi connectivity index (χ2n) is 4.51. The van der Waals surface area contributed by atoms with E-state index in [1.165, 1.54) is 12.1 Å². The highest BCUT2D eigenvalue weighted by Crippen LogP contribution is 2.26. The number of nitrogens with zero attached hydrogens (tertiary/aromatic N) is 1. The van der Waals surface area contributed by atoms with Crippen molar-refractivity contribution in [1.29, 1.82) is 0 Å². The van der Waals surface area contributed by atoms with E-state index in [0.29, 0.717) is 5.56 Å². The third-order valence-electron chi connectivity index (χ3n) is 2.87. The first kappa shape index (κ1) is 15.5. The third-order valence-corrected chi connectivity index (χ3v) is 3.09. The number of nitro benzene ring substituents is 1. The molecule has 0 bridgehead atoms. The topological polar surface area (TPSA) is 140 Å². The monoisotopic (exact) mass is 323 g/mol. The van der Waals surface area contributed by atoms with Gasteiger partial charge in [-0.25, -0.2) is 0 Å². The van der Waals surface area contributed by atoms with Crippen molar-refractivity contribution in [3.05, 3.63) is 45.5 Å². The summed E-state index contributed by atoms with van der Waals surface area (Å²) in [4.78, 5) is 21.8. The van der Waals surface area contributed by atoms with Crippen molar-refractivity contribution < 1.29 is 19.9 Å². The fourth-order valence-electron chi connectivity index (χ4n) is 1.83. The molecule has 1 heterocycles. The maximum atomic E-state index is 12.0. The maximum absolute atomic E-state index is 12.0. The molecule has 9 nitrogen and oxygen atoms in total. The first-order chi connectivity index (χ1) is 10.3. The molecular weight excluding hydrogens is 312 g/mol. The molecule has 0 saturated carbocycles. The molecule has 1 aromatic carbocycles. The van der Waals surface area contributed by atoms with Crippen LogP contribution in [0.15, 0.2) is 29.8 Å². The second-order valence-corrected chi connectivity index (χ2v) is 4.92. The molecular formula is C12H11N4O5S-. The molecule has 1 unspecified atom stereocenters. The Kier molecular flexibility index (Phi) is 4.13. The number of nitro groups is 1. The number of aliphatic hydroxyl groups is 1. The van der Waals surface area contributed by atoms with E-state index in [4.69, 9.17) is 0 Å². The molecule has 1 atom stereocenters. The normalized spacial score (nSPS) is 18.3. The van der Waals surface area contributed by atoms with Gasteiger partial charge in [-0.1, -0.05) is 6.07 Å². The highest BCUT2D eigenvalue weighted by atomic mass is 32.1. The highest BCUT2D eigenvalue weighted by molar-refractivity contribution is 7.80. The van der Waals surface area contributed by atoms with Crippen LogP contribution in [0.3, 0.4) is 0 Å². The Labute approximate surface area is 129 Å². The van der Waals surface area contributed by atoms with Gasteiger partial charge in [-0.3, -0.25) is 14.9 Å². The number of hydrogen-bond donors (Lipinski definition) is 4. The minimum Gasteiger partial charge on any atom is -0.870 e. The van der Waals surface area contributed by atoms with E-state index in [0.717, 1.165) is 0 Å². The molecule has 0 radical (unpaired) electrons. The molecule has 4 N–H and O–H groups in total. The minimum atomic E-state index is -1.37. The van der Waals surface area contributed by atoms with E-state index in [9.17, 15) is 25.1 Å². The number of anilines is 1. The molecule has 1 saturated heterocycles. The molecule has 10 heteroatoms. The number of rotatable bonds is 4. The predicted octanol–water partition coefficient (Wildman–Crippen LogP) is -0.225. The highest BCUT2D eigenvalue weighted by Gasteiger charge is 2.28. The Morgan fingerprint density at radius 1 is 1.50 bits per heavy atom. The van der Waals surface area contributed by atoms with Crippen molar-refractivity contribution in [3.63, 3.8) is 0 Å². The summed E-state index contributed by atoms with van der Waals surface area (Å²) in [7, 11) is 0. The smallest absolute Gasteiger partial charge is 0.293 e. The van der Waals surface area contributed by atoms with E-state index in [-0.39, 0.29) is 16.5 Å². The van der Waals surface area contributed by atoms with Crippen LogP contribution in [0.25, 0.3) is 0 Å². The molecule has 116 valence electrons. The van der Waals surface area contributed by atoms with Gasteiger partial charge in [0.15, 0.2) is 11.0 Å². The Hall–Kier alpha value is -2.88.